The average molecular weight is 805 g/mol. The highest BCUT2D eigenvalue weighted by Gasteiger charge is 2.35. The Balaban J connectivity index is 1.30. The number of hydrogen-bond acceptors (Lipinski definition) is 4. The Labute approximate surface area is 352 Å². The first-order chi connectivity index (χ1) is 30.2. The van der Waals surface area contributed by atoms with Crippen molar-refractivity contribution in [1.29, 1.82) is 21.0 Å². The van der Waals surface area contributed by atoms with Gasteiger partial charge < -0.3 is 9.13 Å². The normalized spacial score (nSPS) is 11.4. The lowest BCUT2D eigenvalue weighted by molar-refractivity contribution is -0.137. The third-order valence-electron chi connectivity index (χ3n) is 11.5. The number of hydrogen-bond donors (Lipinski definition) is 0. The minimum atomic E-state index is -4.81. The van der Waals surface area contributed by atoms with Gasteiger partial charge in [0, 0.05) is 21.5 Å². The van der Waals surface area contributed by atoms with Crippen LogP contribution in [0.25, 0.3) is 88.4 Å². The van der Waals surface area contributed by atoms with Gasteiger partial charge in [-0.15, -0.1) is 0 Å². The van der Waals surface area contributed by atoms with Crippen molar-refractivity contribution in [1.82, 2.24) is 9.13 Å². The van der Waals surface area contributed by atoms with Crippen molar-refractivity contribution in [2.45, 2.75) is 6.18 Å². The topological polar surface area (TPSA) is 105 Å². The number of benzene rings is 8. The number of aromatic nitrogens is 2. The molecule has 290 valence electrons. The molecule has 0 spiro atoms. The highest BCUT2D eigenvalue weighted by molar-refractivity contribution is 6.12. The molecule has 0 atom stereocenters. The molecule has 2 heterocycles. The Morgan fingerprint density at radius 2 is 0.790 bits per heavy atom. The van der Waals surface area contributed by atoms with Crippen molar-refractivity contribution < 1.29 is 13.2 Å². The molecule has 0 unspecified atom stereocenters. The molecule has 0 saturated carbocycles. The number of para-hydroxylation sites is 2. The predicted molar refractivity (Wildman–Crippen MR) is 235 cm³/mol. The number of halogens is 3. The van der Waals surface area contributed by atoms with E-state index in [1.165, 1.54) is 12.1 Å². The van der Waals surface area contributed by atoms with Gasteiger partial charge in [-0.1, -0.05) is 78.9 Å². The zero-order chi connectivity index (χ0) is 42.7. The molecule has 6 nitrogen and oxygen atoms in total. The Bertz CT molecular complexity index is 3460. The van der Waals surface area contributed by atoms with E-state index in [-0.39, 0.29) is 22.3 Å². The molecule has 0 amide bonds. The Hall–Kier alpha value is -8.89. The van der Waals surface area contributed by atoms with Gasteiger partial charge in [-0.2, -0.15) is 34.2 Å². The van der Waals surface area contributed by atoms with Gasteiger partial charge in [0.05, 0.1) is 73.9 Å². The fourth-order valence-corrected chi connectivity index (χ4v) is 8.63. The largest absolute Gasteiger partial charge is 0.417 e. The first-order valence-corrected chi connectivity index (χ1v) is 19.5. The molecule has 10 rings (SSSR count). The van der Waals surface area contributed by atoms with Crippen LogP contribution in [0.2, 0.25) is 0 Å². The second-order valence-electron chi connectivity index (χ2n) is 14.9. The zero-order valence-corrected chi connectivity index (χ0v) is 32.4. The van der Waals surface area contributed by atoms with Crippen molar-refractivity contribution in [3.8, 4) is 69.0 Å². The molecule has 0 aliphatic heterocycles. The van der Waals surface area contributed by atoms with Crippen LogP contribution in [0.1, 0.15) is 27.8 Å². The third kappa shape index (κ3) is 6.01. The van der Waals surface area contributed by atoms with Gasteiger partial charge in [0.1, 0.15) is 11.6 Å². The van der Waals surface area contributed by atoms with Crippen LogP contribution in [-0.2, 0) is 6.18 Å². The zero-order valence-electron chi connectivity index (χ0n) is 32.4. The molecular weight excluding hydrogens is 778 g/mol. The summed E-state index contributed by atoms with van der Waals surface area (Å²) >= 11 is 0. The molecule has 10 aromatic rings. The monoisotopic (exact) mass is 804 g/mol. The summed E-state index contributed by atoms with van der Waals surface area (Å²) in [5.74, 6) is 0. The maximum absolute atomic E-state index is 15.0. The van der Waals surface area contributed by atoms with E-state index in [0.29, 0.717) is 22.5 Å². The van der Waals surface area contributed by atoms with E-state index in [1.807, 2.05) is 124 Å². The second-order valence-corrected chi connectivity index (χ2v) is 14.9. The molecule has 0 N–H and O–H groups in total. The molecular formula is C53H27F3N6. The molecule has 0 aliphatic carbocycles. The number of nitriles is 4. The minimum Gasteiger partial charge on any atom is -0.308 e. The van der Waals surface area contributed by atoms with E-state index in [0.717, 1.165) is 71.9 Å². The number of fused-ring (bicyclic) bond motifs is 6. The quantitative estimate of drug-likeness (QED) is 0.173. The van der Waals surface area contributed by atoms with Crippen LogP contribution < -0.4 is 0 Å². The van der Waals surface area contributed by atoms with E-state index in [9.17, 15) is 21.0 Å². The summed E-state index contributed by atoms with van der Waals surface area (Å²) in [6, 6.07) is 57.4. The number of alkyl halides is 3. The van der Waals surface area contributed by atoms with Gasteiger partial charge in [0.25, 0.3) is 0 Å². The summed E-state index contributed by atoms with van der Waals surface area (Å²) in [4.78, 5) is 0. The van der Waals surface area contributed by atoms with Crippen LogP contribution in [0, 0.1) is 45.3 Å². The Morgan fingerprint density at radius 3 is 1.23 bits per heavy atom. The van der Waals surface area contributed by atoms with Crippen LogP contribution >= 0.6 is 0 Å². The Kier molecular flexibility index (Phi) is 8.70. The molecule has 8 aromatic carbocycles. The van der Waals surface area contributed by atoms with Crippen LogP contribution in [0.3, 0.4) is 0 Å². The van der Waals surface area contributed by atoms with Gasteiger partial charge in [0.15, 0.2) is 0 Å². The number of rotatable bonds is 5. The highest BCUT2D eigenvalue weighted by Crippen LogP contribution is 2.44. The van der Waals surface area contributed by atoms with Gasteiger partial charge in [-0.25, -0.2) is 0 Å². The lowest BCUT2D eigenvalue weighted by atomic mass is 9.94. The fourth-order valence-electron chi connectivity index (χ4n) is 8.63. The molecule has 9 heteroatoms. The molecule has 0 bridgehead atoms. The fraction of sp³-hybridized carbons (Fsp3) is 0.0189. The van der Waals surface area contributed by atoms with Crippen LogP contribution in [0.15, 0.2) is 164 Å². The van der Waals surface area contributed by atoms with Gasteiger partial charge in [-0.3, -0.25) is 0 Å². The van der Waals surface area contributed by atoms with Crippen LogP contribution in [0.4, 0.5) is 13.2 Å². The lowest BCUT2D eigenvalue weighted by Crippen LogP contribution is -2.09. The van der Waals surface area contributed by atoms with E-state index in [4.69, 9.17) is 0 Å². The molecule has 0 radical (unpaired) electrons. The Morgan fingerprint density at radius 1 is 0.371 bits per heavy atom. The summed E-state index contributed by atoms with van der Waals surface area (Å²) < 4.78 is 48.9. The van der Waals surface area contributed by atoms with Crippen LogP contribution in [-0.4, -0.2) is 9.13 Å². The van der Waals surface area contributed by atoms with Gasteiger partial charge >= 0.3 is 6.18 Å². The van der Waals surface area contributed by atoms with Crippen molar-refractivity contribution in [2.75, 3.05) is 0 Å². The summed E-state index contributed by atoms with van der Waals surface area (Å²) in [5, 5.41) is 43.2. The first kappa shape index (κ1) is 37.4. The van der Waals surface area contributed by atoms with E-state index in [1.54, 1.807) is 36.4 Å². The maximum atomic E-state index is 15.0. The summed E-state index contributed by atoms with van der Waals surface area (Å²) in [6.45, 7) is 0. The van der Waals surface area contributed by atoms with Gasteiger partial charge in [-0.05, 0) is 118 Å². The molecule has 0 saturated heterocycles. The smallest absolute Gasteiger partial charge is 0.308 e. The van der Waals surface area contributed by atoms with Crippen molar-refractivity contribution >= 4 is 43.6 Å². The standard InChI is InChI=1S/C53H27F3N6/c54-53(55,56)46-23-34(30-59)13-20-40(46)39-26-51(61-47-7-3-1-5-41(47)43-24-37(18-21-49(43)61)35-14-9-32(28-57)10-15-35)45(31-60)52(27-39)62-48-8-4-2-6-42(48)44-25-38(19-22-50(44)62)36-16-11-33(29-58)12-17-36/h1-27H. The van der Waals surface area contributed by atoms with Crippen molar-refractivity contribution in [3.05, 3.63) is 192 Å². The summed E-state index contributed by atoms with van der Waals surface area (Å²) in [6.07, 6.45) is -4.81. The minimum absolute atomic E-state index is 0.129. The molecule has 2 aromatic heterocycles. The molecule has 0 aliphatic rings. The summed E-state index contributed by atoms with van der Waals surface area (Å²) in [7, 11) is 0. The van der Waals surface area contributed by atoms with Crippen molar-refractivity contribution in [3.63, 3.8) is 0 Å². The molecule has 62 heavy (non-hydrogen) atoms. The average Bonchev–Trinajstić information content (AvgIpc) is 3.82. The highest BCUT2D eigenvalue weighted by atomic mass is 19.4. The second kappa shape index (κ2) is 14.4. The lowest BCUT2D eigenvalue weighted by Gasteiger charge is -2.20. The van der Waals surface area contributed by atoms with E-state index >= 15 is 13.2 Å². The van der Waals surface area contributed by atoms with E-state index in [2.05, 4.69) is 18.2 Å². The third-order valence-corrected chi connectivity index (χ3v) is 11.5. The van der Waals surface area contributed by atoms with Gasteiger partial charge in [0.2, 0.25) is 0 Å². The van der Waals surface area contributed by atoms with E-state index < -0.39 is 11.7 Å². The first-order valence-electron chi connectivity index (χ1n) is 19.5. The van der Waals surface area contributed by atoms with Crippen molar-refractivity contribution in [2.24, 2.45) is 0 Å². The predicted octanol–water partition coefficient (Wildman–Crippen LogP) is 13.4. The maximum Gasteiger partial charge on any atom is 0.417 e. The van der Waals surface area contributed by atoms with Crippen LogP contribution in [0.5, 0.6) is 0 Å². The number of nitrogens with zero attached hydrogens (tertiary/aromatic N) is 6. The molecule has 0 fully saturated rings. The summed E-state index contributed by atoms with van der Waals surface area (Å²) in [5.41, 5.74) is 7.55. The SMILES string of the molecule is N#Cc1ccc(-c2ccc3c(c2)c2ccccc2n3-c2cc(-c3ccc(C#N)cc3C(F)(F)F)cc(-n3c4ccccc4c4cc(-c5ccc(C#N)cc5)ccc43)c2C#N)cc1.